The van der Waals surface area contributed by atoms with Crippen LogP contribution in [0.25, 0.3) is 11.6 Å². The largest absolute Gasteiger partial charge is 0.454 e. The molecule has 0 amide bonds. The highest BCUT2D eigenvalue weighted by Crippen LogP contribution is 2.34. The molecule has 5 nitrogen and oxygen atoms in total. The third kappa shape index (κ3) is 3.34. The number of hydrogen-bond donors (Lipinski definition) is 1. The molecule has 0 bridgehead atoms. The Bertz CT molecular complexity index is 1140. The first-order valence-corrected chi connectivity index (χ1v) is 8.95. The predicted octanol–water partition coefficient (Wildman–Crippen LogP) is 4.14. The van der Waals surface area contributed by atoms with Crippen LogP contribution in [0.4, 0.5) is 0 Å². The van der Waals surface area contributed by atoms with Crippen molar-refractivity contribution in [1.29, 1.82) is 0 Å². The molecule has 3 aromatic rings. The molecule has 0 saturated carbocycles. The monoisotopic (exact) mass is 373 g/mol. The van der Waals surface area contributed by atoms with Gasteiger partial charge in [-0.2, -0.15) is 0 Å². The Kier molecular flexibility index (Phi) is 4.57. The van der Waals surface area contributed by atoms with Gasteiger partial charge in [-0.15, -0.1) is 0 Å². The van der Waals surface area contributed by atoms with Crippen LogP contribution in [0.3, 0.4) is 0 Å². The van der Waals surface area contributed by atoms with E-state index >= 15 is 0 Å². The number of benzene rings is 2. The maximum atomic E-state index is 13.4. The molecule has 0 aliphatic carbocycles. The van der Waals surface area contributed by atoms with E-state index < -0.39 is 0 Å². The van der Waals surface area contributed by atoms with E-state index in [0.717, 1.165) is 16.8 Å². The number of hydrogen-bond acceptors (Lipinski definition) is 4. The number of nitrogens with one attached hydrogen (secondary N) is 1. The molecule has 0 unspecified atom stereocenters. The second kappa shape index (κ2) is 7.19. The minimum Gasteiger partial charge on any atom is -0.454 e. The molecule has 1 aliphatic rings. The number of carbonyl (C=O) groups is 1. The second-order valence-corrected chi connectivity index (χ2v) is 6.71. The number of aromatic nitrogens is 1. The van der Waals surface area contributed by atoms with Crippen LogP contribution < -0.4 is 15.0 Å². The van der Waals surface area contributed by atoms with Gasteiger partial charge in [0.05, 0.1) is 5.56 Å². The molecule has 0 saturated heterocycles. The lowest BCUT2D eigenvalue weighted by atomic mass is 9.93. The van der Waals surface area contributed by atoms with Crippen LogP contribution in [-0.4, -0.2) is 17.6 Å². The SMILES string of the molecule is Cc1cc(C)c(C(=O)/C(=C/c2ccc3c(c2)OCO3)c2ccccc2)c(=O)[nH]1. The van der Waals surface area contributed by atoms with Crippen LogP contribution in [0, 0.1) is 13.8 Å². The third-order valence-corrected chi connectivity index (χ3v) is 4.63. The number of carbonyl (C=O) groups excluding carboxylic acids is 1. The average molecular weight is 373 g/mol. The number of aryl methyl sites for hydroxylation is 2. The molecular weight excluding hydrogens is 354 g/mol. The molecule has 1 aromatic heterocycles. The molecule has 0 radical (unpaired) electrons. The Balaban J connectivity index is 1.86. The van der Waals surface area contributed by atoms with Gasteiger partial charge in [0.1, 0.15) is 0 Å². The fourth-order valence-corrected chi connectivity index (χ4v) is 3.34. The number of fused-ring (bicyclic) bond motifs is 1. The van der Waals surface area contributed by atoms with Crippen LogP contribution in [0.1, 0.15) is 32.7 Å². The minimum absolute atomic E-state index is 0.154. The van der Waals surface area contributed by atoms with Crippen LogP contribution in [0.2, 0.25) is 0 Å². The standard InChI is InChI=1S/C23H19NO4/c1-14-10-15(2)24-23(26)21(14)22(25)18(17-6-4-3-5-7-17)11-16-8-9-19-20(12-16)28-13-27-19/h3-12H,13H2,1-2H3,(H,24,26)/b18-11+. The van der Waals surface area contributed by atoms with E-state index in [9.17, 15) is 9.59 Å². The summed E-state index contributed by atoms with van der Waals surface area (Å²) in [5.41, 5.74) is 3.12. The van der Waals surface area contributed by atoms with Crippen molar-refractivity contribution in [3.8, 4) is 11.5 Å². The number of aromatic amines is 1. The van der Waals surface area contributed by atoms with Gasteiger partial charge in [0, 0.05) is 11.3 Å². The van der Waals surface area contributed by atoms with E-state index in [1.807, 2.05) is 48.5 Å². The smallest absolute Gasteiger partial charge is 0.259 e. The van der Waals surface area contributed by atoms with E-state index in [4.69, 9.17) is 9.47 Å². The topological polar surface area (TPSA) is 68.4 Å². The van der Waals surface area contributed by atoms with E-state index in [1.165, 1.54) is 0 Å². The summed E-state index contributed by atoms with van der Waals surface area (Å²) in [5, 5.41) is 0. The van der Waals surface area contributed by atoms with Crippen molar-refractivity contribution in [2.45, 2.75) is 13.8 Å². The Labute approximate surface area is 162 Å². The van der Waals surface area contributed by atoms with Crippen molar-refractivity contribution < 1.29 is 14.3 Å². The number of ether oxygens (including phenoxy) is 2. The molecule has 4 rings (SSSR count). The zero-order chi connectivity index (χ0) is 19.7. The first kappa shape index (κ1) is 17.8. The van der Waals surface area contributed by atoms with E-state index in [1.54, 1.807) is 26.0 Å². The van der Waals surface area contributed by atoms with Gasteiger partial charge in [0.2, 0.25) is 6.79 Å². The van der Waals surface area contributed by atoms with Crippen molar-refractivity contribution in [2.24, 2.45) is 0 Å². The number of Topliss-reactive ketones (excluding diaryl/α,β-unsaturated/α-hetero) is 1. The lowest BCUT2D eigenvalue weighted by Gasteiger charge is -2.10. The van der Waals surface area contributed by atoms with E-state index in [0.29, 0.717) is 22.6 Å². The van der Waals surface area contributed by atoms with Gasteiger partial charge in [-0.1, -0.05) is 36.4 Å². The fraction of sp³-hybridized carbons (Fsp3) is 0.130. The molecule has 0 spiro atoms. The average Bonchev–Trinajstić information content (AvgIpc) is 3.13. The molecule has 0 fully saturated rings. The molecule has 2 aromatic carbocycles. The summed E-state index contributed by atoms with van der Waals surface area (Å²) in [7, 11) is 0. The number of H-pyrrole nitrogens is 1. The summed E-state index contributed by atoms with van der Waals surface area (Å²) in [6, 6.07) is 16.6. The van der Waals surface area contributed by atoms with Gasteiger partial charge in [-0.25, -0.2) is 0 Å². The highest BCUT2D eigenvalue weighted by molar-refractivity contribution is 6.32. The van der Waals surface area contributed by atoms with Gasteiger partial charge < -0.3 is 14.5 Å². The van der Waals surface area contributed by atoms with Crippen LogP contribution in [0.5, 0.6) is 11.5 Å². The van der Waals surface area contributed by atoms with Gasteiger partial charge >= 0.3 is 0 Å². The van der Waals surface area contributed by atoms with Crippen molar-refractivity contribution >= 4 is 17.4 Å². The Morgan fingerprint density at radius 3 is 2.50 bits per heavy atom. The molecule has 1 aliphatic heterocycles. The van der Waals surface area contributed by atoms with E-state index in [2.05, 4.69) is 4.98 Å². The fourth-order valence-electron chi connectivity index (χ4n) is 3.34. The molecule has 1 N–H and O–H groups in total. The Hall–Kier alpha value is -3.60. The maximum absolute atomic E-state index is 13.4. The summed E-state index contributed by atoms with van der Waals surface area (Å²) >= 11 is 0. The number of pyridine rings is 1. The first-order chi connectivity index (χ1) is 13.5. The highest BCUT2D eigenvalue weighted by atomic mass is 16.7. The minimum atomic E-state index is -0.380. The normalized spacial score (nSPS) is 12.9. The van der Waals surface area contributed by atoms with E-state index in [-0.39, 0.29) is 23.7 Å². The third-order valence-electron chi connectivity index (χ3n) is 4.63. The lowest BCUT2D eigenvalue weighted by molar-refractivity contribution is 0.105. The summed E-state index contributed by atoms with van der Waals surface area (Å²) in [4.78, 5) is 28.6. The van der Waals surface area contributed by atoms with Crippen LogP contribution >= 0.6 is 0 Å². The van der Waals surface area contributed by atoms with Crippen molar-refractivity contribution in [1.82, 2.24) is 4.98 Å². The molecule has 140 valence electrons. The van der Waals surface area contributed by atoms with Crippen molar-refractivity contribution in [3.63, 3.8) is 0 Å². The first-order valence-electron chi connectivity index (χ1n) is 8.95. The quantitative estimate of drug-likeness (QED) is 0.424. The Morgan fingerprint density at radius 2 is 1.75 bits per heavy atom. The lowest BCUT2D eigenvalue weighted by Crippen LogP contribution is -2.21. The summed E-state index contributed by atoms with van der Waals surface area (Å²) < 4.78 is 10.8. The zero-order valence-corrected chi connectivity index (χ0v) is 15.6. The van der Waals surface area contributed by atoms with Crippen LogP contribution in [-0.2, 0) is 0 Å². The maximum Gasteiger partial charge on any atom is 0.259 e. The number of rotatable bonds is 4. The van der Waals surface area contributed by atoms with Crippen LogP contribution in [0.15, 0.2) is 59.4 Å². The summed E-state index contributed by atoms with van der Waals surface area (Å²) in [6.45, 7) is 3.76. The number of ketones is 1. The summed E-state index contributed by atoms with van der Waals surface area (Å²) in [6.07, 6.45) is 1.78. The van der Waals surface area contributed by atoms with Gasteiger partial charge in [0.15, 0.2) is 17.3 Å². The van der Waals surface area contributed by atoms with Crippen molar-refractivity contribution in [3.05, 3.63) is 92.9 Å². The zero-order valence-electron chi connectivity index (χ0n) is 15.6. The summed E-state index contributed by atoms with van der Waals surface area (Å²) in [5.74, 6) is 0.996. The molecule has 2 heterocycles. The van der Waals surface area contributed by atoms with Gasteiger partial charge in [-0.3, -0.25) is 9.59 Å². The van der Waals surface area contributed by atoms with Gasteiger partial charge in [0.25, 0.3) is 5.56 Å². The molecule has 5 heteroatoms. The molecular formula is C23H19NO4. The second-order valence-electron chi connectivity index (χ2n) is 6.71. The van der Waals surface area contributed by atoms with Gasteiger partial charge in [-0.05, 0) is 54.8 Å². The molecule has 28 heavy (non-hydrogen) atoms. The van der Waals surface area contributed by atoms with Crippen molar-refractivity contribution in [2.75, 3.05) is 6.79 Å². The Morgan fingerprint density at radius 1 is 1.00 bits per heavy atom. The number of allylic oxidation sites excluding steroid dienone is 1. The predicted molar refractivity (Wildman–Crippen MR) is 108 cm³/mol. The molecule has 0 atom stereocenters. The highest BCUT2D eigenvalue weighted by Gasteiger charge is 2.21.